The molecule has 0 bridgehead atoms. The van der Waals surface area contributed by atoms with Crippen molar-refractivity contribution in [1.29, 1.82) is 0 Å². The molecular formula is C20H27N12O10P. The number of nitrogens with zero attached hydrogens (tertiary/aromatic N) is 8. The van der Waals surface area contributed by atoms with Crippen molar-refractivity contribution in [2.75, 3.05) is 36.1 Å². The average molecular weight is 626 g/mol. The van der Waals surface area contributed by atoms with Gasteiger partial charge in [0, 0.05) is 0 Å². The van der Waals surface area contributed by atoms with Crippen molar-refractivity contribution < 1.29 is 48.4 Å². The number of aliphatic hydroxyl groups is 4. The molecule has 9 atom stereocenters. The SMILES string of the molecule is Nc1ncnc2c1nc(N)n2C1O[C@H](COP(=O)(O)O[C@H]2C(n3c(N)nc4c(N)ncnc43)O[C@H](CO)[C@H]2O)[C@@H](O)[C@H]1O. The number of nitrogens with two attached hydrogens (primary N) is 4. The molecule has 0 radical (unpaired) electrons. The predicted molar refractivity (Wildman–Crippen MR) is 142 cm³/mol. The van der Waals surface area contributed by atoms with Crippen LogP contribution >= 0.6 is 7.82 Å². The maximum absolute atomic E-state index is 13.1. The van der Waals surface area contributed by atoms with E-state index in [1.807, 2.05) is 0 Å². The van der Waals surface area contributed by atoms with Crippen LogP contribution < -0.4 is 22.9 Å². The number of aliphatic hydroxyl groups excluding tert-OH is 4. The average Bonchev–Trinajstić information content (AvgIpc) is 3.65. The lowest BCUT2D eigenvalue weighted by molar-refractivity contribution is -0.0606. The van der Waals surface area contributed by atoms with Gasteiger partial charge < -0.3 is 57.7 Å². The molecule has 2 saturated heterocycles. The van der Waals surface area contributed by atoms with Gasteiger partial charge in [-0.15, -0.1) is 0 Å². The number of ether oxygens (including phenoxy) is 2. The molecule has 13 N–H and O–H groups in total. The van der Waals surface area contributed by atoms with Gasteiger partial charge in [-0.05, 0) is 0 Å². The topological polar surface area (TPSA) is 346 Å². The zero-order chi connectivity index (χ0) is 30.8. The summed E-state index contributed by atoms with van der Waals surface area (Å²) in [5.74, 6) is -0.364. The molecule has 232 valence electrons. The number of aromatic nitrogens is 8. The quantitative estimate of drug-likeness (QED) is 0.0851. The van der Waals surface area contributed by atoms with Crippen molar-refractivity contribution in [3.63, 3.8) is 0 Å². The molecule has 4 aromatic heterocycles. The van der Waals surface area contributed by atoms with Gasteiger partial charge in [0.15, 0.2) is 46.4 Å². The highest BCUT2D eigenvalue weighted by atomic mass is 31.2. The van der Waals surface area contributed by atoms with E-state index in [4.69, 9.17) is 41.5 Å². The van der Waals surface area contributed by atoms with Gasteiger partial charge in [-0.3, -0.25) is 18.2 Å². The highest BCUT2D eigenvalue weighted by molar-refractivity contribution is 7.47. The molecule has 43 heavy (non-hydrogen) atoms. The molecule has 0 amide bonds. The van der Waals surface area contributed by atoms with Crippen molar-refractivity contribution >= 4 is 53.7 Å². The first-order chi connectivity index (χ1) is 20.4. The van der Waals surface area contributed by atoms with E-state index in [1.54, 1.807) is 0 Å². The number of anilines is 4. The molecule has 2 aliphatic heterocycles. The zero-order valence-electron chi connectivity index (χ0n) is 21.8. The lowest BCUT2D eigenvalue weighted by Crippen LogP contribution is -2.36. The van der Waals surface area contributed by atoms with Gasteiger partial charge in [0.05, 0.1) is 13.2 Å². The van der Waals surface area contributed by atoms with Crippen LogP contribution in [0.15, 0.2) is 12.7 Å². The fraction of sp³-hybridized carbons (Fsp3) is 0.500. The van der Waals surface area contributed by atoms with Crippen LogP contribution in [0.3, 0.4) is 0 Å². The van der Waals surface area contributed by atoms with Gasteiger partial charge >= 0.3 is 7.82 Å². The normalized spacial score (nSPS) is 30.8. The van der Waals surface area contributed by atoms with E-state index in [-0.39, 0.29) is 45.9 Å². The van der Waals surface area contributed by atoms with Crippen LogP contribution in [0.25, 0.3) is 22.3 Å². The molecule has 23 heteroatoms. The zero-order valence-corrected chi connectivity index (χ0v) is 22.7. The summed E-state index contributed by atoms with van der Waals surface area (Å²) < 4.78 is 37.1. The second-order valence-electron chi connectivity index (χ2n) is 9.66. The predicted octanol–water partition coefficient (Wildman–Crippen LogP) is -3.63. The van der Waals surface area contributed by atoms with Crippen LogP contribution in [-0.4, -0.2) is 114 Å². The lowest BCUT2D eigenvalue weighted by Gasteiger charge is -2.25. The number of imidazole rings is 2. The summed E-state index contributed by atoms with van der Waals surface area (Å²) in [6.45, 7) is -1.47. The summed E-state index contributed by atoms with van der Waals surface area (Å²) in [7, 11) is -5.08. The molecule has 0 spiro atoms. The van der Waals surface area contributed by atoms with E-state index in [2.05, 4.69) is 29.9 Å². The minimum atomic E-state index is -5.08. The minimum Gasteiger partial charge on any atom is -0.394 e. The van der Waals surface area contributed by atoms with Crippen LogP contribution in [0.2, 0.25) is 0 Å². The maximum atomic E-state index is 13.1. The second kappa shape index (κ2) is 10.7. The van der Waals surface area contributed by atoms with Gasteiger partial charge in [-0.2, -0.15) is 0 Å². The third kappa shape index (κ3) is 4.88. The van der Waals surface area contributed by atoms with E-state index in [9.17, 15) is 29.9 Å². The Balaban J connectivity index is 1.20. The monoisotopic (exact) mass is 626 g/mol. The number of fused-ring (bicyclic) bond motifs is 2. The van der Waals surface area contributed by atoms with E-state index in [0.717, 1.165) is 17.2 Å². The van der Waals surface area contributed by atoms with Crippen molar-refractivity contribution in [3.05, 3.63) is 12.7 Å². The minimum absolute atomic E-state index is 0.0155. The first-order valence-corrected chi connectivity index (χ1v) is 14.0. The van der Waals surface area contributed by atoms with Crippen molar-refractivity contribution in [2.24, 2.45) is 0 Å². The molecule has 6 rings (SSSR count). The van der Waals surface area contributed by atoms with Gasteiger partial charge in [-0.25, -0.2) is 34.5 Å². The Labute approximate surface area is 239 Å². The molecule has 4 aromatic rings. The van der Waals surface area contributed by atoms with E-state index in [1.165, 1.54) is 4.57 Å². The third-order valence-electron chi connectivity index (χ3n) is 7.06. The maximum Gasteiger partial charge on any atom is 0.472 e. The highest BCUT2D eigenvalue weighted by Gasteiger charge is 2.51. The Morgan fingerprint density at radius 1 is 0.814 bits per heavy atom. The van der Waals surface area contributed by atoms with Crippen LogP contribution in [0, 0.1) is 0 Å². The van der Waals surface area contributed by atoms with E-state index in [0.29, 0.717) is 0 Å². The Morgan fingerprint density at radius 3 is 1.91 bits per heavy atom. The summed E-state index contributed by atoms with van der Waals surface area (Å²) in [5, 5.41) is 41.8. The number of nitrogen functional groups attached to an aromatic ring is 4. The fourth-order valence-electron chi connectivity index (χ4n) is 5.01. The van der Waals surface area contributed by atoms with Gasteiger partial charge in [-0.1, -0.05) is 0 Å². The molecule has 22 nitrogen and oxygen atoms in total. The fourth-order valence-corrected chi connectivity index (χ4v) is 5.94. The van der Waals surface area contributed by atoms with E-state index >= 15 is 0 Å². The Hall–Kier alpha value is -3.83. The van der Waals surface area contributed by atoms with Crippen LogP contribution in [0.4, 0.5) is 23.5 Å². The summed E-state index contributed by atoms with van der Waals surface area (Å²) in [5.41, 5.74) is 24.0. The highest BCUT2D eigenvalue weighted by Crippen LogP contribution is 2.50. The Kier molecular flexibility index (Phi) is 7.29. The number of hydrogen-bond donors (Lipinski definition) is 9. The molecule has 0 aromatic carbocycles. The van der Waals surface area contributed by atoms with Crippen molar-refractivity contribution in [3.8, 4) is 0 Å². The molecule has 2 fully saturated rings. The number of phosphoric ester groups is 1. The van der Waals surface area contributed by atoms with E-state index < -0.39 is 70.1 Å². The van der Waals surface area contributed by atoms with Crippen molar-refractivity contribution in [1.82, 2.24) is 39.0 Å². The first kappa shape index (κ1) is 29.3. The number of rotatable bonds is 8. The second-order valence-corrected chi connectivity index (χ2v) is 11.1. The van der Waals surface area contributed by atoms with Crippen LogP contribution in [-0.2, 0) is 23.1 Å². The van der Waals surface area contributed by atoms with Crippen LogP contribution in [0.1, 0.15) is 12.5 Å². The standard InChI is InChI=1S/C20H27N12O10P/c21-13-7-15(27-3-25-13)31(19(23)29-7)17-11(36)9(34)6(41-17)2-39-43(37,38)42-12-10(35)5(1-33)40-18(12)32-16-8(30-20(32)24)14(22)26-4-28-16/h3-6,9-12,17-18,33-36H,1-2H2,(H2,23,29)(H2,24,30)(H,37,38)(H2,21,25,27)(H2,22,26,28)/t5-,6-,9-,10-,11-,12-,17?,18?/m1/s1. The molecular weight excluding hydrogens is 599 g/mol. The lowest BCUT2D eigenvalue weighted by atomic mass is 10.1. The number of phosphoric acid groups is 1. The largest absolute Gasteiger partial charge is 0.472 e. The van der Waals surface area contributed by atoms with Crippen LogP contribution in [0.5, 0.6) is 0 Å². The van der Waals surface area contributed by atoms with Crippen molar-refractivity contribution in [2.45, 2.75) is 49.1 Å². The molecule has 0 saturated carbocycles. The summed E-state index contributed by atoms with van der Waals surface area (Å²) in [6.07, 6.45) is -9.68. The van der Waals surface area contributed by atoms with Gasteiger partial charge in [0.1, 0.15) is 49.3 Å². The molecule has 0 aliphatic carbocycles. The van der Waals surface area contributed by atoms with Gasteiger partial charge in [0.2, 0.25) is 11.9 Å². The summed E-state index contributed by atoms with van der Waals surface area (Å²) in [4.78, 5) is 34.5. The first-order valence-electron chi connectivity index (χ1n) is 12.5. The molecule has 6 heterocycles. The number of hydrogen-bond acceptors (Lipinski definition) is 19. The third-order valence-corrected chi connectivity index (χ3v) is 8.05. The molecule has 2 aliphatic rings. The summed E-state index contributed by atoms with van der Waals surface area (Å²) >= 11 is 0. The Morgan fingerprint density at radius 2 is 1.35 bits per heavy atom. The molecule has 3 unspecified atom stereocenters. The Bertz CT molecular complexity index is 1720. The van der Waals surface area contributed by atoms with Gasteiger partial charge in [0.25, 0.3) is 0 Å². The smallest absolute Gasteiger partial charge is 0.394 e. The summed E-state index contributed by atoms with van der Waals surface area (Å²) in [6, 6.07) is 0.